The maximum atomic E-state index is 11.3. The van der Waals surface area contributed by atoms with E-state index in [-0.39, 0.29) is 0 Å². The van der Waals surface area contributed by atoms with Gasteiger partial charge in [-0.05, 0) is 17.7 Å². The molecule has 0 fully saturated rings. The summed E-state index contributed by atoms with van der Waals surface area (Å²) in [5, 5.41) is 2.82. The number of nitrogens with zero attached hydrogens (tertiary/aromatic N) is 2. The van der Waals surface area contributed by atoms with Gasteiger partial charge in [0.15, 0.2) is 23.7 Å². The van der Waals surface area contributed by atoms with Crippen molar-refractivity contribution in [2.75, 3.05) is 25.7 Å². The molecule has 1 unspecified atom stereocenters. The molecule has 0 amide bonds. The van der Waals surface area contributed by atoms with E-state index in [4.69, 9.17) is 15.2 Å². The van der Waals surface area contributed by atoms with Crippen molar-refractivity contribution in [2.24, 2.45) is 10.7 Å². The molecular weight excluding hydrogens is 308 g/mol. The molecule has 3 N–H and O–H groups in total. The Balaban J connectivity index is 2.09. The van der Waals surface area contributed by atoms with Crippen LogP contribution in [0.25, 0.3) is 0 Å². The number of methoxy groups -OCH3 is 2. The van der Waals surface area contributed by atoms with E-state index in [0.29, 0.717) is 35.1 Å². The van der Waals surface area contributed by atoms with Crippen LogP contribution in [0.5, 0.6) is 11.5 Å². The molecule has 124 valence electrons. The molecule has 0 spiro atoms. The number of amidine groups is 1. The van der Waals surface area contributed by atoms with Gasteiger partial charge >= 0.3 is 0 Å². The van der Waals surface area contributed by atoms with Crippen molar-refractivity contribution < 1.29 is 14.3 Å². The van der Waals surface area contributed by atoms with Gasteiger partial charge in [-0.1, -0.05) is 12.7 Å². The molecule has 24 heavy (non-hydrogen) atoms. The smallest absolute Gasteiger partial charge is 0.174 e. The summed E-state index contributed by atoms with van der Waals surface area (Å²) in [5.74, 6) is 3.75. The number of ether oxygens (including phenoxy) is 2. The molecule has 1 atom stereocenters. The Bertz CT molecular complexity index is 806. The van der Waals surface area contributed by atoms with Crippen molar-refractivity contribution in [1.82, 2.24) is 5.32 Å². The Morgan fingerprint density at radius 1 is 1.42 bits per heavy atom. The summed E-state index contributed by atoms with van der Waals surface area (Å²) in [4.78, 5) is 17.7. The molecule has 3 rings (SSSR count). The van der Waals surface area contributed by atoms with Crippen LogP contribution < -0.4 is 25.4 Å². The maximum Gasteiger partial charge on any atom is 0.174 e. The fourth-order valence-corrected chi connectivity index (χ4v) is 2.85. The van der Waals surface area contributed by atoms with Crippen LogP contribution in [-0.4, -0.2) is 38.8 Å². The summed E-state index contributed by atoms with van der Waals surface area (Å²) in [6.07, 6.45) is 1.01. The SMILES string of the molecule is C=CC1=C2C(=C=O)NC(N)N=C2N(c2ccc(OC)c(OC)c2)C1. The monoisotopic (exact) mass is 326 g/mol. The van der Waals surface area contributed by atoms with Gasteiger partial charge in [0.25, 0.3) is 0 Å². The highest BCUT2D eigenvalue weighted by atomic mass is 16.5. The molecule has 7 heteroatoms. The molecule has 0 bridgehead atoms. The molecule has 0 aliphatic carbocycles. The first kappa shape index (κ1) is 15.9. The molecule has 0 radical (unpaired) electrons. The third-order valence-corrected chi connectivity index (χ3v) is 3.96. The predicted molar refractivity (Wildman–Crippen MR) is 91.9 cm³/mol. The molecule has 2 aliphatic heterocycles. The summed E-state index contributed by atoms with van der Waals surface area (Å²) in [5.41, 5.74) is 8.56. The lowest BCUT2D eigenvalue weighted by Gasteiger charge is -2.26. The van der Waals surface area contributed by atoms with E-state index in [9.17, 15) is 4.79 Å². The van der Waals surface area contributed by atoms with E-state index in [2.05, 4.69) is 16.9 Å². The zero-order valence-corrected chi connectivity index (χ0v) is 13.5. The number of fused-ring (bicyclic) bond motifs is 1. The van der Waals surface area contributed by atoms with Gasteiger partial charge in [0.05, 0.1) is 26.3 Å². The Labute approximate surface area is 139 Å². The van der Waals surface area contributed by atoms with E-state index in [1.165, 1.54) is 0 Å². The van der Waals surface area contributed by atoms with Gasteiger partial charge in [-0.15, -0.1) is 0 Å². The number of carbonyl (C=O) groups excluding carboxylic acids is 1. The van der Waals surface area contributed by atoms with Crippen LogP contribution in [0.2, 0.25) is 0 Å². The highest BCUT2D eigenvalue weighted by molar-refractivity contribution is 6.17. The van der Waals surface area contributed by atoms with Crippen molar-refractivity contribution in [3.8, 4) is 11.5 Å². The van der Waals surface area contributed by atoms with Gasteiger partial charge in [-0.3, -0.25) is 5.73 Å². The van der Waals surface area contributed by atoms with Crippen molar-refractivity contribution in [3.63, 3.8) is 0 Å². The largest absolute Gasteiger partial charge is 0.493 e. The normalized spacial score (nSPS) is 19.3. The Morgan fingerprint density at radius 2 is 2.17 bits per heavy atom. The van der Waals surface area contributed by atoms with E-state index in [1.807, 2.05) is 29.0 Å². The van der Waals surface area contributed by atoms with E-state index < -0.39 is 6.29 Å². The first-order valence-corrected chi connectivity index (χ1v) is 7.33. The third kappa shape index (κ3) is 2.46. The van der Waals surface area contributed by atoms with Gasteiger partial charge in [-0.2, -0.15) is 0 Å². The molecule has 7 nitrogen and oxygen atoms in total. The van der Waals surface area contributed by atoms with Gasteiger partial charge in [-0.25, -0.2) is 9.79 Å². The van der Waals surface area contributed by atoms with Crippen molar-refractivity contribution in [2.45, 2.75) is 6.29 Å². The summed E-state index contributed by atoms with van der Waals surface area (Å²) in [7, 11) is 3.16. The molecule has 0 aromatic heterocycles. The number of anilines is 1. The number of hydrogen-bond acceptors (Lipinski definition) is 7. The van der Waals surface area contributed by atoms with Crippen LogP contribution in [0.15, 0.2) is 52.7 Å². The lowest BCUT2D eigenvalue weighted by Crippen LogP contribution is -2.44. The molecule has 0 saturated carbocycles. The number of hydrogen-bond donors (Lipinski definition) is 2. The minimum absolute atomic E-state index is 0.297. The first-order valence-electron chi connectivity index (χ1n) is 7.33. The van der Waals surface area contributed by atoms with Gasteiger partial charge in [0.1, 0.15) is 11.5 Å². The van der Waals surface area contributed by atoms with Crippen LogP contribution in [-0.2, 0) is 4.79 Å². The second-order valence-corrected chi connectivity index (χ2v) is 5.25. The summed E-state index contributed by atoms with van der Waals surface area (Å²) < 4.78 is 10.6. The fraction of sp³-hybridized carbons (Fsp3) is 0.235. The molecule has 1 aromatic rings. The maximum absolute atomic E-state index is 11.3. The van der Waals surface area contributed by atoms with Gasteiger partial charge < -0.3 is 19.7 Å². The number of benzene rings is 1. The number of aliphatic imine (C=N–C) groups is 1. The van der Waals surface area contributed by atoms with Gasteiger partial charge in [0.2, 0.25) is 0 Å². The molecule has 2 heterocycles. The molecule has 2 aliphatic rings. The summed E-state index contributed by atoms with van der Waals surface area (Å²) in [6, 6.07) is 5.56. The molecule has 0 saturated heterocycles. The van der Waals surface area contributed by atoms with Crippen molar-refractivity contribution >= 4 is 17.5 Å². The first-order chi connectivity index (χ1) is 11.6. The minimum atomic E-state index is -0.702. The number of nitrogens with one attached hydrogen (secondary N) is 1. The average Bonchev–Trinajstić information content (AvgIpc) is 2.98. The quantitative estimate of drug-likeness (QED) is 0.801. The Hall–Kier alpha value is -3.02. The summed E-state index contributed by atoms with van der Waals surface area (Å²) in [6.45, 7) is 4.34. The van der Waals surface area contributed by atoms with Gasteiger partial charge in [0, 0.05) is 11.8 Å². The van der Waals surface area contributed by atoms with Crippen LogP contribution >= 0.6 is 0 Å². The fourth-order valence-electron chi connectivity index (χ4n) is 2.85. The topological polar surface area (TPSA) is 89.2 Å². The van der Waals surface area contributed by atoms with Crippen molar-refractivity contribution in [1.29, 1.82) is 0 Å². The third-order valence-electron chi connectivity index (χ3n) is 3.96. The molecule has 1 aromatic carbocycles. The number of nitrogens with two attached hydrogens (primary N) is 1. The van der Waals surface area contributed by atoms with Crippen LogP contribution in [0, 0.1) is 0 Å². The average molecular weight is 326 g/mol. The van der Waals surface area contributed by atoms with E-state index in [1.54, 1.807) is 20.3 Å². The highest BCUT2D eigenvalue weighted by Gasteiger charge is 2.35. The van der Waals surface area contributed by atoms with E-state index in [0.717, 1.165) is 11.3 Å². The standard InChI is InChI=1S/C17H18N4O3/c1-4-10-8-21(11-5-6-13(23-2)14(7-11)24-3)16-15(10)12(9-22)19-17(18)20-16/h4-7,17,19H,1,8,18H2,2-3H3. The lowest BCUT2D eigenvalue weighted by atomic mass is 10.1. The van der Waals surface area contributed by atoms with Crippen LogP contribution in [0.4, 0.5) is 5.69 Å². The Kier molecular flexibility index (Phi) is 4.12. The second kappa shape index (κ2) is 6.23. The zero-order chi connectivity index (χ0) is 17.3. The van der Waals surface area contributed by atoms with E-state index >= 15 is 0 Å². The lowest BCUT2D eigenvalue weighted by molar-refractivity contribution is 0.355. The highest BCUT2D eigenvalue weighted by Crippen LogP contribution is 2.36. The summed E-state index contributed by atoms with van der Waals surface area (Å²) >= 11 is 0. The molecular formula is C17H18N4O3. The second-order valence-electron chi connectivity index (χ2n) is 5.25. The van der Waals surface area contributed by atoms with Crippen molar-refractivity contribution in [3.05, 3.63) is 47.7 Å². The van der Waals surface area contributed by atoms with Crippen LogP contribution in [0.1, 0.15) is 0 Å². The van der Waals surface area contributed by atoms with Crippen LogP contribution in [0.3, 0.4) is 0 Å². The minimum Gasteiger partial charge on any atom is -0.493 e. The number of rotatable bonds is 4. The zero-order valence-electron chi connectivity index (χ0n) is 13.5. The Morgan fingerprint density at radius 3 is 2.79 bits per heavy atom. The predicted octanol–water partition coefficient (Wildman–Crippen LogP) is 0.966.